The van der Waals surface area contributed by atoms with Crippen molar-refractivity contribution in [1.29, 1.82) is 5.26 Å². The third-order valence-electron chi connectivity index (χ3n) is 11.3. The van der Waals surface area contributed by atoms with E-state index in [1.807, 2.05) is 35.0 Å². The first-order valence-electron chi connectivity index (χ1n) is 17.5. The standard InChI is InChI=1S/C39H44FN7O3/c1-38(2,39(3)14-18-45(19-15-39)28-24-49-25-28)21-26(22-41)37(48)46-17-7-8-27(23-46)47-33-13-16-43-36(42)34(33)35(44-47)31-12-11-30(20-32(31)40)50-29-9-5-4-6-10-29/h4-6,9-13,16,20-21,27-28H,7-8,14-15,17-19,23-25H2,1-3H3,(H2,42,43)/b26-21+/t27-/m1/s1. The summed E-state index contributed by atoms with van der Waals surface area (Å²) in [5.74, 6) is 0.439. The molecule has 260 valence electrons. The molecule has 3 aliphatic rings. The van der Waals surface area contributed by atoms with Crippen LogP contribution >= 0.6 is 0 Å². The second-order valence-electron chi connectivity index (χ2n) is 14.7. The number of nitriles is 1. The largest absolute Gasteiger partial charge is 0.457 e. The van der Waals surface area contributed by atoms with E-state index in [4.69, 9.17) is 20.3 Å². The van der Waals surface area contributed by atoms with Crippen molar-refractivity contribution in [1.82, 2.24) is 24.6 Å². The van der Waals surface area contributed by atoms with Gasteiger partial charge in [0.15, 0.2) is 0 Å². The first kappa shape index (κ1) is 33.7. The molecule has 3 aliphatic heterocycles. The number of benzene rings is 2. The van der Waals surface area contributed by atoms with Crippen LogP contribution < -0.4 is 10.5 Å². The summed E-state index contributed by atoms with van der Waals surface area (Å²) in [4.78, 5) is 22.6. The van der Waals surface area contributed by atoms with E-state index >= 15 is 4.39 Å². The lowest BCUT2D eigenvalue weighted by molar-refractivity contribution is -0.128. The van der Waals surface area contributed by atoms with Crippen LogP contribution in [0, 0.1) is 28.0 Å². The van der Waals surface area contributed by atoms with Crippen molar-refractivity contribution in [2.45, 2.75) is 58.5 Å². The molecule has 0 aliphatic carbocycles. The Kier molecular flexibility index (Phi) is 9.09. The Hall–Kier alpha value is -4.79. The molecule has 2 aromatic carbocycles. The molecular weight excluding hydrogens is 633 g/mol. The van der Waals surface area contributed by atoms with E-state index in [1.54, 1.807) is 35.4 Å². The molecule has 50 heavy (non-hydrogen) atoms. The molecule has 0 saturated carbocycles. The summed E-state index contributed by atoms with van der Waals surface area (Å²) in [6.07, 6.45) is 6.98. The number of anilines is 1. The number of halogens is 1. The average molecular weight is 678 g/mol. The van der Waals surface area contributed by atoms with Crippen LogP contribution in [-0.2, 0) is 9.53 Å². The maximum atomic E-state index is 15.7. The summed E-state index contributed by atoms with van der Waals surface area (Å²) >= 11 is 0. The SMILES string of the molecule is CC(C)(/C=C(\C#N)C(=O)N1CCC[C@@H](n2nc(-c3ccc(Oc4ccccc4)cc3F)c3c(N)nccc32)C1)C1(C)CCN(C2COC2)CC1. The summed E-state index contributed by atoms with van der Waals surface area (Å²) in [5.41, 5.74) is 7.50. The van der Waals surface area contributed by atoms with Crippen LogP contribution in [0.2, 0.25) is 0 Å². The number of aromatic nitrogens is 3. The molecule has 4 aromatic rings. The van der Waals surface area contributed by atoms with Crippen molar-refractivity contribution in [2.24, 2.45) is 10.8 Å². The van der Waals surface area contributed by atoms with Crippen LogP contribution in [0.5, 0.6) is 11.5 Å². The number of rotatable bonds is 8. The minimum absolute atomic E-state index is 0.0551. The van der Waals surface area contributed by atoms with E-state index in [0.29, 0.717) is 47.2 Å². The number of fused-ring (bicyclic) bond motifs is 1. The smallest absolute Gasteiger partial charge is 0.264 e. The predicted molar refractivity (Wildman–Crippen MR) is 190 cm³/mol. The Balaban J connectivity index is 1.12. The molecule has 7 rings (SSSR count). The molecular formula is C39H44FN7O3. The van der Waals surface area contributed by atoms with Gasteiger partial charge < -0.3 is 20.1 Å². The topological polar surface area (TPSA) is 123 Å². The monoisotopic (exact) mass is 677 g/mol. The number of hydrogen-bond donors (Lipinski definition) is 1. The molecule has 0 radical (unpaired) electrons. The average Bonchev–Trinajstić information content (AvgIpc) is 3.48. The zero-order valence-corrected chi connectivity index (χ0v) is 28.9. The van der Waals surface area contributed by atoms with Crippen molar-refractivity contribution < 1.29 is 18.7 Å². The molecule has 0 bridgehead atoms. The van der Waals surface area contributed by atoms with Crippen LogP contribution in [0.15, 0.2) is 72.4 Å². The Bertz CT molecular complexity index is 1960. The van der Waals surface area contributed by atoms with E-state index in [2.05, 4.69) is 36.7 Å². The number of piperidine rings is 2. The third kappa shape index (κ3) is 6.34. The predicted octanol–water partition coefficient (Wildman–Crippen LogP) is 6.75. The van der Waals surface area contributed by atoms with Crippen LogP contribution in [0.1, 0.15) is 52.5 Å². The van der Waals surface area contributed by atoms with Crippen LogP contribution in [0.4, 0.5) is 10.2 Å². The van der Waals surface area contributed by atoms with Gasteiger partial charge in [0, 0.05) is 30.9 Å². The number of nitrogens with two attached hydrogens (primary N) is 1. The number of hydrogen-bond acceptors (Lipinski definition) is 8. The Morgan fingerprint density at radius 1 is 1.10 bits per heavy atom. The summed E-state index contributed by atoms with van der Waals surface area (Å²) < 4.78 is 28.8. The number of carbonyl (C=O) groups excluding carboxylic acids is 1. The summed E-state index contributed by atoms with van der Waals surface area (Å²) in [6.45, 7) is 11.1. The fraction of sp³-hybridized carbons (Fsp3) is 0.436. The van der Waals surface area contributed by atoms with Crippen LogP contribution in [0.3, 0.4) is 0 Å². The Morgan fingerprint density at radius 2 is 1.86 bits per heavy atom. The molecule has 10 nitrogen and oxygen atoms in total. The summed E-state index contributed by atoms with van der Waals surface area (Å²) in [7, 11) is 0. The third-order valence-corrected chi connectivity index (χ3v) is 11.3. The first-order valence-corrected chi connectivity index (χ1v) is 17.5. The highest BCUT2D eigenvalue weighted by Gasteiger charge is 2.44. The van der Waals surface area contributed by atoms with E-state index in [0.717, 1.165) is 52.0 Å². The number of nitrogens with zero attached hydrogens (tertiary/aromatic N) is 6. The van der Waals surface area contributed by atoms with Gasteiger partial charge in [-0.25, -0.2) is 9.37 Å². The van der Waals surface area contributed by atoms with Gasteiger partial charge in [-0.05, 0) is 79.9 Å². The second-order valence-corrected chi connectivity index (χ2v) is 14.7. The number of amides is 1. The van der Waals surface area contributed by atoms with Gasteiger partial charge in [0.2, 0.25) is 0 Å². The van der Waals surface area contributed by atoms with Gasteiger partial charge in [0.25, 0.3) is 5.91 Å². The zero-order valence-electron chi connectivity index (χ0n) is 28.9. The molecule has 3 fully saturated rings. The number of likely N-dealkylation sites (tertiary alicyclic amines) is 2. The minimum atomic E-state index is -0.503. The lowest BCUT2D eigenvalue weighted by Crippen LogP contribution is -2.55. The van der Waals surface area contributed by atoms with Crippen molar-refractivity contribution in [3.8, 4) is 28.8 Å². The second kappa shape index (κ2) is 13.5. The van der Waals surface area contributed by atoms with E-state index in [1.165, 1.54) is 6.07 Å². The van der Waals surface area contributed by atoms with Gasteiger partial charge in [0.1, 0.15) is 40.5 Å². The zero-order chi connectivity index (χ0) is 35.0. The fourth-order valence-corrected chi connectivity index (χ4v) is 7.60. The van der Waals surface area contributed by atoms with Gasteiger partial charge in [-0.15, -0.1) is 0 Å². The molecule has 2 aromatic heterocycles. The van der Waals surface area contributed by atoms with Gasteiger partial charge in [0.05, 0.1) is 36.2 Å². The van der Waals surface area contributed by atoms with Crippen LogP contribution in [-0.4, -0.2) is 75.9 Å². The molecule has 11 heteroatoms. The van der Waals surface area contributed by atoms with E-state index < -0.39 is 5.82 Å². The van der Waals surface area contributed by atoms with Crippen LogP contribution in [0.25, 0.3) is 22.2 Å². The first-order chi connectivity index (χ1) is 24.1. The molecule has 5 heterocycles. The Labute approximate surface area is 292 Å². The molecule has 0 unspecified atom stereocenters. The number of ether oxygens (including phenoxy) is 2. The van der Waals surface area contributed by atoms with Gasteiger partial charge >= 0.3 is 0 Å². The van der Waals surface area contributed by atoms with Crippen molar-refractivity contribution in [3.63, 3.8) is 0 Å². The quantitative estimate of drug-likeness (QED) is 0.161. The highest BCUT2D eigenvalue weighted by atomic mass is 19.1. The highest BCUT2D eigenvalue weighted by molar-refractivity contribution is 6.00. The number of pyridine rings is 1. The normalized spacial score (nSPS) is 20.3. The summed E-state index contributed by atoms with van der Waals surface area (Å²) in [5, 5.41) is 15.7. The molecule has 1 atom stereocenters. The minimum Gasteiger partial charge on any atom is -0.457 e. The molecule has 0 spiro atoms. The fourth-order valence-electron chi connectivity index (χ4n) is 7.60. The van der Waals surface area contributed by atoms with E-state index in [9.17, 15) is 10.1 Å². The number of para-hydroxylation sites is 1. The maximum Gasteiger partial charge on any atom is 0.264 e. The van der Waals surface area contributed by atoms with Crippen molar-refractivity contribution in [2.75, 3.05) is 45.1 Å². The number of carbonyl (C=O) groups is 1. The molecule has 2 N–H and O–H groups in total. The number of nitrogen functional groups attached to an aromatic ring is 1. The van der Waals surface area contributed by atoms with Gasteiger partial charge in [-0.2, -0.15) is 10.4 Å². The van der Waals surface area contributed by atoms with Crippen molar-refractivity contribution >= 4 is 22.6 Å². The summed E-state index contributed by atoms with van der Waals surface area (Å²) in [6, 6.07) is 18.2. The van der Waals surface area contributed by atoms with E-state index in [-0.39, 0.29) is 39.7 Å². The van der Waals surface area contributed by atoms with Gasteiger partial charge in [-0.3, -0.25) is 14.4 Å². The Morgan fingerprint density at radius 3 is 2.54 bits per heavy atom. The number of allylic oxidation sites excluding steroid dienone is 1. The van der Waals surface area contributed by atoms with Crippen molar-refractivity contribution in [3.05, 3.63) is 78.3 Å². The highest BCUT2D eigenvalue weighted by Crippen LogP contribution is 2.49. The lowest BCUT2D eigenvalue weighted by Gasteiger charge is -2.51. The molecule has 3 saturated heterocycles. The van der Waals surface area contributed by atoms with Gasteiger partial charge in [-0.1, -0.05) is 45.0 Å². The maximum absolute atomic E-state index is 15.7. The molecule has 1 amide bonds. The lowest BCUT2D eigenvalue weighted by atomic mass is 9.61.